The lowest BCUT2D eigenvalue weighted by atomic mass is 10.00. The molecule has 9 heteroatoms. The summed E-state index contributed by atoms with van der Waals surface area (Å²) in [6, 6.07) is 11.5. The Morgan fingerprint density at radius 2 is 1.42 bits per heavy atom. The van der Waals surface area contributed by atoms with E-state index in [9.17, 15) is 25.0 Å². The summed E-state index contributed by atoms with van der Waals surface area (Å²) in [7, 11) is 0. The lowest BCUT2D eigenvalue weighted by Gasteiger charge is -2.03. The van der Waals surface area contributed by atoms with Crippen molar-refractivity contribution in [3.63, 3.8) is 0 Å². The van der Waals surface area contributed by atoms with Crippen LogP contribution >= 0.6 is 0 Å². The van der Waals surface area contributed by atoms with Crippen molar-refractivity contribution in [1.29, 1.82) is 0 Å². The smallest absolute Gasteiger partial charge is 0.279 e. The van der Waals surface area contributed by atoms with Gasteiger partial charge in [-0.2, -0.15) is 0 Å². The van der Waals surface area contributed by atoms with E-state index in [2.05, 4.69) is 37.7 Å². The first-order valence-corrected chi connectivity index (χ1v) is 10.5. The van der Waals surface area contributed by atoms with Gasteiger partial charge in [-0.1, -0.05) is 39.8 Å². The number of nitrogens with zero attached hydrogens (tertiary/aromatic N) is 2. The van der Waals surface area contributed by atoms with Crippen LogP contribution in [0, 0.1) is 37.0 Å². The van der Waals surface area contributed by atoms with Crippen LogP contribution in [0.25, 0.3) is 21.8 Å². The molecule has 0 bridgehead atoms. The zero-order valence-electron chi connectivity index (χ0n) is 18.7. The first kappa shape index (κ1) is 22.2. The van der Waals surface area contributed by atoms with Crippen LogP contribution in [-0.2, 0) is 0 Å². The molecule has 4 aromatic rings. The fourth-order valence-corrected chi connectivity index (χ4v) is 4.75. The van der Waals surface area contributed by atoms with Gasteiger partial charge < -0.3 is 9.97 Å². The largest absolute Gasteiger partial charge is 0.361 e. The third-order valence-electron chi connectivity index (χ3n) is 7.20. The normalized spacial score (nSPS) is 16.2. The van der Waals surface area contributed by atoms with Gasteiger partial charge in [-0.15, -0.1) is 0 Å². The molecule has 9 nitrogen and oxygen atoms in total. The topological polar surface area (TPSA) is 135 Å². The predicted octanol–water partition coefficient (Wildman–Crippen LogP) is 6.02. The molecule has 170 valence electrons. The van der Waals surface area contributed by atoms with E-state index >= 15 is 0 Å². The van der Waals surface area contributed by atoms with Gasteiger partial charge in [-0.25, -0.2) is 0 Å². The maximum atomic E-state index is 12.8. The Morgan fingerprint density at radius 3 is 2.00 bits per heavy atom. The number of hydrogen-bond donors (Lipinski definition) is 2. The number of Topliss-reactive ketones (excluding diaryl/α,β-unsaturated/α-hetero) is 1. The van der Waals surface area contributed by atoms with E-state index in [-0.39, 0.29) is 38.8 Å². The minimum absolute atomic E-state index is 0.00875. The average molecular weight is 448 g/mol. The number of fused-ring (bicyclic) bond motifs is 2. The number of rotatable bonds is 4. The maximum absolute atomic E-state index is 12.8. The fourth-order valence-electron chi connectivity index (χ4n) is 4.75. The van der Waals surface area contributed by atoms with Crippen molar-refractivity contribution in [3.05, 3.63) is 80.7 Å². The van der Waals surface area contributed by atoms with Crippen LogP contribution in [0.2, 0.25) is 0 Å². The van der Waals surface area contributed by atoms with Crippen molar-refractivity contribution in [2.24, 2.45) is 16.7 Å². The Balaban J connectivity index is 0.000000183. The average Bonchev–Trinajstić information content (AvgIpc) is 3.23. The second-order valence-corrected chi connectivity index (χ2v) is 9.37. The standard InChI is InChI=1S/C16H18N2O3.C8H6N2O2/c1-15(2)14(16(15,3)4)13(19)9-8-17-10-6-5-7-11(12(9)10)18(20)21;11-10(12)8-3-1-2-7-6(8)4-5-9-7/h5-8,14,17H,1-4H3;1-5,9H. The van der Waals surface area contributed by atoms with Crippen molar-refractivity contribution in [3.8, 4) is 0 Å². The van der Waals surface area contributed by atoms with Crippen LogP contribution in [0.1, 0.15) is 38.1 Å². The third kappa shape index (κ3) is 3.45. The molecule has 1 aliphatic rings. The number of carbonyl (C=O) groups is 1. The molecular weight excluding hydrogens is 424 g/mol. The molecule has 0 saturated heterocycles. The number of aromatic nitrogens is 2. The summed E-state index contributed by atoms with van der Waals surface area (Å²) < 4.78 is 0. The van der Waals surface area contributed by atoms with Crippen LogP contribution < -0.4 is 0 Å². The van der Waals surface area contributed by atoms with Gasteiger partial charge in [-0.3, -0.25) is 25.0 Å². The Morgan fingerprint density at radius 1 is 0.848 bits per heavy atom. The number of non-ortho nitro benzene ring substituents is 2. The van der Waals surface area contributed by atoms with Crippen LogP contribution in [0.4, 0.5) is 11.4 Å². The number of hydrogen-bond acceptors (Lipinski definition) is 5. The van der Waals surface area contributed by atoms with E-state index in [0.717, 1.165) is 5.52 Å². The van der Waals surface area contributed by atoms with Gasteiger partial charge in [0.05, 0.1) is 37.2 Å². The highest BCUT2D eigenvalue weighted by atomic mass is 16.6. The molecular formula is C24H24N4O5. The molecule has 0 aliphatic heterocycles. The van der Waals surface area contributed by atoms with Crippen LogP contribution in [0.3, 0.4) is 0 Å². The first-order valence-electron chi connectivity index (χ1n) is 10.5. The number of carbonyl (C=O) groups excluding carboxylic acids is 1. The fraction of sp³-hybridized carbons (Fsp3) is 0.292. The summed E-state index contributed by atoms with van der Waals surface area (Å²) in [6.07, 6.45) is 3.29. The van der Waals surface area contributed by atoms with E-state index in [1.807, 2.05) is 6.07 Å². The summed E-state index contributed by atoms with van der Waals surface area (Å²) in [6.45, 7) is 8.27. The number of H-pyrrole nitrogens is 2. The summed E-state index contributed by atoms with van der Waals surface area (Å²) in [5, 5.41) is 22.8. The number of nitrogens with one attached hydrogen (secondary N) is 2. The number of aromatic amines is 2. The zero-order valence-corrected chi connectivity index (χ0v) is 18.7. The Kier molecular flexibility index (Phi) is 5.07. The molecule has 5 rings (SSSR count). The highest BCUT2D eigenvalue weighted by Crippen LogP contribution is 2.69. The zero-order chi connectivity index (χ0) is 24.1. The first-order chi connectivity index (χ1) is 15.5. The van der Waals surface area contributed by atoms with Gasteiger partial charge in [0.2, 0.25) is 0 Å². The molecule has 1 fully saturated rings. The third-order valence-corrected chi connectivity index (χ3v) is 7.20. The molecule has 0 amide bonds. The van der Waals surface area contributed by atoms with E-state index in [4.69, 9.17) is 0 Å². The van der Waals surface area contributed by atoms with Gasteiger partial charge in [0.15, 0.2) is 5.78 Å². The second-order valence-electron chi connectivity index (χ2n) is 9.37. The van der Waals surface area contributed by atoms with Crippen molar-refractivity contribution in [2.45, 2.75) is 27.7 Å². The minimum atomic E-state index is -0.434. The van der Waals surface area contributed by atoms with Crippen molar-refractivity contribution in [1.82, 2.24) is 9.97 Å². The van der Waals surface area contributed by atoms with E-state index in [0.29, 0.717) is 21.9 Å². The van der Waals surface area contributed by atoms with E-state index in [1.165, 1.54) is 12.1 Å². The molecule has 0 unspecified atom stereocenters. The van der Waals surface area contributed by atoms with Crippen LogP contribution in [0.5, 0.6) is 0 Å². The molecule has 0 spiro atoms. The van der Waals surface area contributed by atoms with E-state index in [1.54, 1.807) is 36.7 Å². The van der Waals surface area contributed by atoms with Gasteiger partial charge in [0.1, 0.15) is 0 Å². The van der Waals surface area contributed by atoms with Gasteiger partial charge >= 0.3 is 0 Å². The number of ketones is 1. The highest BCUT2D eigenvalue weighted by Gasteiger charge is 2.68. The Hall–Kier alpha value is -4.01. The monoisotopic (exact) mass is 448 g/mol. The molecule has 2 N–H and O–H groups in total. The van der Waals surface area contributed by atoms with Crippen molar-refractivity contribution >= 4 is 39.0 Å². The van der Waals surface area contributed by atoms with Crippen molar-refractivity contribution in [2.75, 3.05) is 0 Å². The lowest BCUT2D eigenvalue weighted by molar-refractivity contribution is -0.383. The lowest BCUT2D eigenvalue weighted by Crippen LogP contribution is -2.07. The number of benzene rings is 2. The minimum Gasteiger partial charge on any atom is -0.361 e. The molecule has 1 saturated carbocycles. The predicted molar refractivity (Wildman–Crippen MR) is 125 cm³/mol. The van der Waals surface area contributed by atoms with Gasteiger partial charge in [0.25, 0.3) is 11.4 Å². The quantitative estimate of drug-likeness (QED) is 0.224. The summed E-state index contributed by atoms with van der Waals surface area (Å²) in [5.74, 6) is -0.116. The number of nitro groups is 2. The second kappa shape index (κ2) is 7.54. The van der Waals surface area contributed by atoms with Crippen molar-refractivity contribution < 1.29 is 14.6 Å². The van der Waals surface area contributed by atoms with E-state index < -0.39 is 4.92 Å². The summed E-state index contributed by atoms with van der Waals surface area (Å²) >= 11 is 0. The van der Waals surface area contributed by atoms with Crippen LogP contribution in [-0.4, -0.2) is 25.6 Å². The molecule has 0 radical (unpaired) electrons. The molecule has 0 atom stereocenters. The summed E-state index contributed by atoms with van der Waals surface area (Å²) in [5.41, 5.74) is 1.81. The maximum Gasteiger partial charge on any atom is 0.279 e. The molecule has 2 aromatic carbocycles. The number of nitro benzene ring substituents is 2. The molecule has 2 heterocycles. The Labute approximate surface area is 189 Å². The summed E-state index contributed by atoms with van der Waals surface area (Å²) in [4.78, 5) is 39.6. The molecule has 33 heavy (non-hydrogen) atoms. The highest BCUT2D eigenvalue weighted by molar-refractivity contribution is 6.13. The van der Waals surface area contributed by atoms with Gasteiger partial charge in [-0.05, 0) is 29.0 Å². The Bertz CT molecular complexity index is 1400. The molecule has 2 aromatic heterocycles. The SMILES string of the molecule is CC1(C)C(C(=O)c2c[nH]c3cccc([N+](=O)[O-])c23)C1(C)C.O=[N+]([O-])c1cccc2[nH]ccc12. The van der Waals surface area contributed by atoms with Crippen LogP contribution in [0.15, 0.2) is 54.9 Å². The van der Waals surface area contributed by atoms with Gasteiger partial charge in [0, 0.05) is 30.4 Å². The molecule has 1 aliphatic carbocycles.